The van der Waals surface area contributed by atoms with Crippen LogP contribution in [-0.2, 0) is 9.47 Å². The smallest absolute Gasteiger partial charge is 0.0698 e. The first kappa shape index (κ1) is 18.2. The molecule has 0 radical (unpaired) electrons. The monoisotopic (exact) mass is 236 g/mol. The Morgan fingerprint density at radius 2 is 1.50 bits per heavy atom. The number of rotatable bonds is 9. The molecular formula is C12H28O4. The van der Waals surface area contributed by atoms with Gasteiger partial charge in [0.15, 0.2) is 0 Å². The minimum absolute atomic E-state index is 0.0278. The average molecular weight is 236 g/mol. The van der Waals surface area contributed by atoms with Crippen molar-refractivity contribution in [2.75, 3.05) is 39.6 Å². The Labute approximate surface area is 99.6 Å². The molecule has 0 aromatic heterocycles. The number of aliphatic hydroxyl groups excluding tert-OH is 2. The minimum atomic E-state index is 0.0278. The van der Waals surface area contributed by atoms with Crippen molar-refractivity contribution < 1.29 is 19.7 Å². The fourth-order valence-electron chi connectivity index (χ4n) is 0.797. The zero-order valence-electron chi connectivity index (χ0n) is 10.9. The van der Waals surface area contributed by atoms with Crippen molar-refractivity contribution in [3.63, 3.8) is 0 Å². The maximum absolute atomic E-state index is 8.09. The molecule has 0 spiro atoms. The van der Waals surface area contributed by atoms with E-state index in [0.29, 0.717) is 19.1 Å². The third-order valence-electron chi connectivity index (χ3n) is 1.56. The van der Waals surface area contributed by atoms with Crippen LogP contribution in [0.2, 0.25) is 0 Å². The van der Waals surface area contributed by atoms with E-state index in [2.05, 4.69) is 25.5 Å². The standard InChI is InChI=1S/C8H18O.C4H10O3/c1-4-5-6-9-7-8(2)3;5-1-3-7-4-2-6/h8H,4-7H2,1-3H3;5-6H,1-4H2. The summed E-state index contributed by atoms with van der Waals surface area (Å²) < 4.78 is 9.97. The number of aliphatic hydroxyl groups is 2. The molecule has 0 aliphatic carbocycles. The molecule has 0 bridgehead atoms. The van der Waals surface area contributed by atoms with Crippen LogP contribution in [0.25, 0.3) is 0 Å². The number of hydrogen-bond acceptors (Lipinski definition) is 4. The molecule has 0 aliphatic rings. The summed E-state index contributed by atoms with van der Waals surface area (Å²) in [6.07, 6.45) is 2.44. The fourth-order valence-corrected chi connectivity index (χ4v) is 0.797. The third-order valence-corrected chi connectivity index (χ3v) is 1.56. The highest BCUT2D eigenvalue weighted by molar-refractivity contribution is 4.39. The van der Waals surface area contributed by atoms with Crippen molar-refractivity contribution in [1.82, 2.24) is 0 Å². The van der Waals surface area contributed by atoms with Gasteiger partial charge in [-0.05, 0) is 12.3 Å². The number of ether oxygens (including phenoxy) is 2. The highest BCUT2D eigenvalue weighted by Gasteiger charge is 1.91. The molecule has 4 nitrogen and oxygen atoms in total. The van der Waals surface area contributed by atoms with Gasteiger partial charge in [0.25, 0.3) is 0 Å². The Kier molecular flexibility index (Phi) is 19.6. The average Bonchev–Trinajstić information content (AvgIpc) is 2.26. The van der Waals surface area contributed by atoms with E-state index in [1.54, 1.807) is 0 Å². The van der Waals surface area contributed by atoms with E-state index < -0.39 is 0 Å². The van der Waals surface area contributed by atoms with Crippen molar-refractivity contribution in [2.45, 2.75) is 33.6 Å². The second-order valence-electron chi connectivity index (χ2n) is 3.88. The molecule has 0 heterocycles. The van der Waals surface area contributed by atoms with Crippen LogP contribution in [0.5, 0.6) is 0 Å². The van der Waals surface area contributed by atoms with Crippen molar-refractivity contribution in [3.05, 3.63) is 0 Å². The molecule has 4 heteroatoms. The molecule has 0 aliphatic heterocycles. The van der Waals surface area contributed by atoms with E-state index >= 15 is 0 Å². The highest BCUT2D eigenvalue weighted by Crippen LogP contribution is 1.94. The predicted molar refractivity (Wildman–Crippen MR) is 65.6 cm³/mol. The molecule has 100 valence electrons. The van der Waals surface area contributed by atoms with Gasteiger partial charge in [-0.3, -0.25) is 0 Å². The molecule has 0 aromatic carbocycles. The Balaban J connectivity index is 0. The molecule has 0 aromatic rings. The van der Waals surface area contributed by atoms with Crippen LogP contribution in [0, 0.1) is 5.92 Å². The van der Waals surface area contributed by atoms with Gasteiger partial charge >= 0.3 is 0 Å². The van der Waals surface area contributed by atoms with E-state index in [0.717, 1.165) is 13.2 Å². The Bertz CT molecular complexity index is 103. The molecule has 0 unspecified atom stereocenters. The normalized spacial score (nSPS) is 10.1. The van der Waals surface area contributed by atoms with Gasteiger partial charge in [-0.25, -0.2) is 0 Å². The molecule has 0 amide bonds. The largest absolute Gasteiger partial charge is 0.394 e. The van der Waals surface area contributed by atoms with Crippen molar-refractivity contribution in [1.29, 1.82) is 0 Å². The number of unbranched alkanes of at least 4 members (excludes halogenated alkanes) is 1. The van der Waals surface area contributed by atoms with Crippen molar-refractivity contribution in [2.24, 2.45) is 5.92 Å². The lowest BCUT2D eigenvalue weighted by atomic mass is 10.2. The highest BCUT2D eigenvalue weighted by atomic mass is 16.5. The summed E-state index contributed by atoms with van der Waals surface area (Å²) in [5.74, 6) is 0.682. The number of hydrogen-bond donors (Lipinski definition) is 2. The van der Waals surface area contributed by atoms with E-state index in [9.17, 15) is 0 Å². The zero-order valence-corrected chi connectivity index (χ0v) is 10.9. The third kappa shape index (κ3) is 23.6. The van der Waals surface area contributed by atoms with E-state index in [1.165, 1.54) is 12.8 Å². The van der Waals surface area contributed by atoms with Crippen LogP contribution >= 0.6 is 0 Å². The first-order chi connectivity index (χ1) is 7.68. The van der Waals surface area contributed by atoms with Gasteiger partial charge in [0, 0.05) is 13.2 Å². The second-order valence-corrected chi connectivity index (χ2v) is 3.88. The van der Waals surface area contributed by atoms with Gasteiger partial charge in [-0.15, -0.1) is 0 Å². The van der Waals surface area contributed by atoms with Crippen LogP contribution in [0.4, 0.5) is 0 Å². The van der Waals surface area contributed by atoms with E-state index in [-0.39, 0.29) is 13.2 Å². The van der Waals surface area contributed by atoms with Gasteiger partial charge in [-0.1, -0.05) is 27.2 Å². The molecule has 0 atom stereocenters. The molecule has 16 heavy (non-hydrogen) atoms. The lowest BCUT2D eigenvalue weighted by Crippen LogP contribution is -2.03. The maximum atomic E-state index is 8.09. The SMILES string of the molecule is CCCCOCC(C)C.OCCOCCO. The summed E-state index contributed by atoms with van der Waals surface area (Å²) in [6.45, 7) is 9.08. The zero-order chi connectivity index (χ0) is 12.6. The first-order valence-corrected chi connectivity index (χ1v) is 6.06. The van der Waals surface area contributed by atoms with Gasteiger partial charge in [0.2, 0.25) is 0 Å². The van der Waals surface area contributed by atoms with Gasteiger partial charge in [0.1, 0.15) is 0 Å². The summed E-state index contributed by atoms with van der Waals surface area (Å²) in [5, 5.41) is 16.2. The van der Waals surface area contributed by atoms with Crippen LogP contribution < -0.4 is 0 Å². The van der Waals surface area contributed by atoms with Crippen LogP contribution in [-0.4, -0.2) is 49.9 Å². The van der Waals surface area contributed by atoms with Gasteiger partial charge in [0.05, 0.1) is 26.4 Å². The molecule has 0 saturated heterocycles. The summed E-state index contributed by atoms with van der Waals surface area (Å²) in [4.78, 5) is 0. The van der Waals surface area contributed by atoms with Gasteiger partial charge in [-0.2, -0.15) is 0 Å². The lowest BCUT2D eigenvalue weighted by molar-refractivity contribution is 0.0650. The molecular weight excluding hydrogens is 208 g/mol. The predicted octanol–water partition coefficient (Wildman–Crippen LogP) is 1.45. The Hall–Kier alpha value is -0.160. The lowest BCUT2D eigenvalue weighted by Gasteiger charge is -2.04. The Morgan fingerprint density at radius 1 is 0.938 bits per heavy atom. The molecule has 0 fully saturated rings. The Morgan fingerprint density at radius 3 is 1.88 bits per heavy atom. The summed E-state index contributed by atoms with van der Waals surface area (Å²) in [5.41, 5.74) is 0. The molecule has 0 saturated carbocycles. The quantitative estimate of drug-likeness (QED) is 0.595. The fraction of sp³-hybridized carbons (Fsp3) is 1.00. The van der Waals surface area contributed by atoms with Crippen molar-refractivity contribution in [3.8, 4) is 0 Å². The van der Waals surface area contributed by atoms with Crippen LogP contribution in [0.1, 0.15) is 33.6 Å². The summed E-state index contributed by atoms with van der Waals surface area (Å²) in [6, 6.07) is 0. The topological polar surface area (TPSA) is 58.9 Å². The van der Waals surface area contributed by atoms with Crippen LogP contribution in [0.15, 0.2) is 0 Å². The summed E-state index contributed by atoms with van der Waals surface area (Å²) >= 11 is 0. The van der Waals surface area contributed by atoms with E-state index in [1.807, 2.05) is 0 Å². The van der Waals surface area contributed by atoms with E-state index in [4.69, 9.17) is 14.9 Å². The maximum Gasteiger partial charge on any atom is 0.0698 e. The minimum Gasteiger partial charge on any atom is -0.394 e. The van der Waals surface area contributed by atoms with Gasteiger partial charge < -0.3 is 19.7 Å². The second kappa shape index (κ2) is 17.2. The summed E-state index contributed by atoms with van der Waals surface area (Å²) in [7, 11) is 0. The molecule has 0 rings (SSSR count). The van der Waals surface area contributed by atoms with Crippen molar-refractivity contribution >= 4 is 0 Å². The molecule has 2 N–H and O–H groups in total. The first-order valence-electron chi connectivity index (χ1n) is 6.06. The van der Waals surface area contributed by atoms with Crippen LogP contribution in [0.3, 0.4) is 0 Å².